The Labute approximate surface area is 151 Å². The SMILES string of the molecule is O=C1NC(=Cc2cccc3c2ccn3Cc2c(F)cccc2F)C(=O)S1. The first-order chi connectivity index (χ1) is 12.5. The second kappa shape index (κ2) is 6.42. The van der Waals surface area contributed by atoms with E-state index in [-0.39, 0.29) is 22.9 Å². The van der Waals surface area contributed by atoms with Crippen molar-refractivity contribution in [3.05, 3.63) is 77.1 Å². The Balaban J connectivity index is 1.75. The van der Waals surface area contributed by atoms with Crippen molar-refractivity contribution in [2.75, 3.05) is 0 Å². The molecule has 4 rings (SSSR count). The van der Waals surface area contributed by atoms with Gasteiger partial charge >= 0.3 is 0 Å². The van der Waals surface area contributed by atoms with Gasteiger partial charge in [-0.2, -0.15) is 0 Å². The molecule has 0 bridgehead atoms. The highest BCUT2D eigenvalue weighted by atomic mass is 32.2. The van der Waals surface area contributed by atoms with Gasteiger partial charge in [-0.05, 0) is 35.9 Å². The highest BCUT2D eigenvalue weighted by Gasteiger charge is 2.25. The Morgan fingerprint density at radius 1 is 1.04 bits per heavy atom. The molecule has 0 radical (unpaired) electrons. The van der Waals surface area contributed by atoms with E-state index in [0.717, 1.165) is 16.5 Å². The largest absolute Gasteiger partial charge is 0.343 e. The van der Waals surface area contributed by atoms with E-state index in [1.165, 1.54) is 18.2 Å². The summed E-state index contributed by atoms with van der Waals surface area (Å²) in [4.78, 5) is 23.1. The highest BCUT2D eigenvalue weighted by molar-refractivity contribution is 8.27. The van der Waals surface area contributed by atoms with Crippen molar-refractivity contribution in [1.82, 2.24) is 9.88 Å². The van der Waals surface area contributed by atoms with Crippen LogP contribution in [0.4, 0.5) is 13.6 Å². The molecular formula is C19H12F2N2O2S. The molecule has 1 aliphatic heterocycles. The van der Waals surface area contributed by atoms with Gasteiger partial charge in [-0.25, -0.2) is 8.78 Å². The van der Waals surface area contributed by atoms with Crippen LogP contribution in [-0.4, -0.2) is 14.9 Å². The van der Waals surface area contributed by atoms with Crippen LogP contribution < -0.4 is 5.32 Å². The molecule has 1 fully saturated rings. The average molecular weight is 370 g/mol. The first-order valence-electron chi connectivity index (χ1n) is 7.78. The number of aromatic nitrogens is 1. The Kier molecular flexibility index (Phi) is 4.08. The predicted molar refractivity (Wildman–Crippen MR) is 96.5 cm³/mol. The van der Waals surface area contributed by atoms with E-state index in [1.54, 1.807) is 22.9 Å². The van der Waals surface area contributed by atoms with Crippen LogP contribution in [0.25, 0.3) is 17.0 Å². The lowest BCUT2D eigenvalue weighted by Crippen LogP contribution is -2.10. The van der Waals surface area contributed by atoms with Crippen LogP contribution in [0.2, 0.25) is 0 Å². The number of halogens is 2. The van der Waals surface area contributed by atoms with E-state index in [0.29, 0.717) is 11.8 Å². The fourth-order valence-corrected chi connectivity index (χ4v) is 3.49. The summed E-state index contributed by atoms with van der Waals surface area (Å²) in [6, 6.07) is 11.0. The summed E-state index contributed by atoms with van der Waals surface area (Å²) >= 11 is 0.618. The second-order valence-corrected chi connectivity index (χ2v) is 6.73. The molecule has 0 saturated carbocycles. The summed E-state index contributed by atoms with van der Waals surface area (Å²) in [5.41, 5.74) is 1.72. The molecule has 4 nitrogen and oxygen atoms in total. The molecule has 2 heterocycles. The number of hydrogen-bond donors (Lipinski definition) is 1. The zero-order valence-electron chi connectivity index (χ0n) is 13.3. The number of benzene rings is 2. The Morgan fingerprint density at radius 2 is 1.77 bits per heavy atom. The van der Waals surface area contributed by atoms with Gasteiger partial charge in [0.05, 0.1) is 12.2 Å². The monoisotopic (exact) mass is 370 g/mol. The summed E-state index contributed by atoms with van der Waals surface area (Å²) < 4.78 is 29.6. The van der Waals surface area contributed by atoms with Gasteiger partial charge in [-0.15, -0.1) is 0 Å². The van der Waals surface area contributed by atoms with Crippen molar-refractivity contribution in [1.29, 1.82) is 0 Å². The standard InChI is InChI=1S/C19H12F2N2O2S/c20-14-4-2-5-15(21)13(14)10-23-8-7-12-11(3-1-6-17(12)23)9-16-18(24)26-19(25)22-16/h1-9H,10H2,(H,22,25). The minimum absolute atomic E-state index is 0.0107. The lowest BCUT2D eigenvalue weighted by atomic mass is 10.1. The molecule has 1 N–H and O–H groups in total. The molecule has 0 aliphatic carbocycles. The van der Waals surface area contributed by atoms with Gasteiger partial charge in [0.25, 0.3) is 5.24 Å². The molecule has 7 heteroatoms. The first kappa shape index (κ1) is 16.5. The number of hydrogen-bond acceptors (Lipinski definition) is 3. The fourth-order valence-electron chi connectivity index (χ4n) is 2.94. The third-order valence-corrected chi connectivity index (χ3v) is 4.87. The summed E-state index contributed by atoms with van der Waals surface area (Å²) in [7, 11) is 0. The Bertz CT molecular complexity index is 1070. The molecule has 0 spiro atoms. The van der Waals surface area contributed by atoms with E-state index in [4.69, 9.17) is 0 Å². The van der Waals surface area contributed by atoms with Crippen molar-refractivity contribution >= 4 is 39.1 Å². The number of rotatable bonds is 3. The van der Waals surface area contributed by atoms with Crippen LogP contribution in [0.15, 0.2) is 54.4 Å². The van der Waals surface area contributed by atoms with Crippen molar-refractivity contribution in [2.45, 2.75) is 6.54 Å². The normalized spacial score (nSPS) is 15.8. The maximum Gasteiger partial charge on any atom is 0.291 e. The molecule has 1 amide bonds. The van der Waals surface area contributed by atoms with E-state index in [2.05, 4.69) is 5.32 Å². The third-order valence-electron chi connectivity index (χ3n) is 4.18. The number of carbonyl (C=O) groups excluding carboxylic acids is 2. The molecule has 3 aromatic rings. The number of amides is 1. The number of fused-ring (bicyclic) bond motifs is 1. The van der Waals surface area contributed by atoms with Crippen molar-refractivity contribution in [3.63, 3.8) is 0 Å². The number of thioether (sulfide) groups is 1. The lowest BCUT2D eigenvalue weighted by molar-refractivity contribution is -0.107. The van der Waals surface area contributed by atoms with Gasteiger partial charge in [-0.3, -0.25) is 9.59 Å². The van der Waals surface area contributed by atoms with Crippen LogP contribution in [0.5, 0.6) is 0 Å². The molecule has 1 aromatic heterocycles. The summed E-state index contributed by atoms with van der Waals surface area (Å²) in [6.45, 7) is 0.0492. The van der Waals surface area contributed by atoms with Crippen molar-refractivity contribution in [2.24, 2.45) is 0 Å². The molecule has 1 aliphatic rings. The zero-order valence-corrected chi connectivity index (χ0v) is 14.1. The van der Waals surface area contributed by atoms with Gasteiger partial charge < -0.3 is 9.88 Å². The average Bonchev–Trinajstić information content (AvgIpc) is 3.15. The minimum Gasteiger partial charge on any atom is -0.343 e. The predicted octanol–water partition coefficient (Wildman–Crippen LogP) is 4.29. The molecule has 0 unspecified atom stereocenters. The van der Waals surface area contributed by atoms with E-state index in [9.17, 15) is 18.4 Å². The van der Waals surface area contributed by atoms with E-state index >= 15 is 0 Å². The van der Waals surface area contributed by atoms with Crippen LogP contribution in [0.3, 0.4) is 0 Å². The number of nitrogens with zero attached hydrogens (tertiary/aromatic N) is 1. The minimum atomic E-state index is -0.596. The first-order valence-corrected chi connectivity index (χ1v) is 8.60. The molecule has 26 heavy (non-hydrogen) atoms. The maximum atomic E-state index is 13.9. The van der Waals surface area contributed by atoms with E-state index in [1.807, 2.05) is 18.2 Å². The quantitative estimate of drug-likeness (QED) is 0.700. The molecule has 2 aromatic carbocycles. The molecule has 0 atom stereocenters. The second-order valence-electron chi connectivity index (χ2n) is 5.78. The number of carbonyl (C=O) groups is 2. The van der Waals surface area contributed by atoms with Gasteiger partial charge in [0, 0.05) is 34.4 Å². The van der Waals surface area contributed by atoms with Crippen molar-refractivity contribution in [3.8, 4) is 0 Å². The van der Waals surface area contributed by atoms with E-state index < -0.39 is 16.9 Å². The molecular weight excluding hydrogens is 358 g/mol. The van der Waals surface area contributed by atoms with Gasteiger partial charge in [0.1, 0.15) is 11.6 Å². The van der Waals surface area contributed by atoms with Crippen LogP contribution >= 0.6 is 11.8 Å². The summed E-state index contributed by atoms with van der Waals surface area (Å²) in [5.74, 6) is -1.19. The third kappa shape index (κ3) is 2.90. The van der Waals surface area contributed by atoms with Crippen LogP contribution in [0.1, 0.15) is 11.1 Å². The van der Waals surface area contributed by atoms with Gasteiger partial charge in [0.2, 0.25) is 5.12 Å². The number of nitrogens with one attached hydrogen (secondary N) is 1. The smallest absolute Gasteiger partial charge is 0.291 e. The highest BCUT2D eigenvalue weighted by Crippen LogP contribution is 2.27. The summed E-state index contributed by atoms with van der Waals surface area (Å²) in [5, 5.41) is 2.59. The summed E-state index contributed by atoms with van der Waals surface area (Å²) in [6.07, 6.45) is 3.35. The molecule has 130 valence electrons. The van der Waals surface area contributed by atoms with Gasteiger partial charge in [-0.1, -0.05) is 18.2 Å². The lowest BCUT2D eigenvalue weighted by Gasteiger charge is -2.08. The zero-order chi connectivity index (χ0) is 18.3. The topological polar surface area (TPSA) is 51.1 Å². The Morgan fingerprint density at radius 3 is 2.46 bits per heavy atom. The van der Waals surface area contributed by atoms with Crippen molar-refractivity contribution < 1.29 is 18.4 Å². The fraction of sp³-hybridized carbons (Fsp3) is 0.0526. The maximum absolute atomic E-state index is 13.9. The van der Waals surface area contributed by atoms with Crippen LogP contribution in [0, 0.1) is 11.6 Å². The molecule has 1 saturated heterocycles. The van der Waals surface area contributed by atoms with Crippen LogP contribution in [-0.2, 0) is 11.3 Å². The van der Waals surface area contributed by atoms with Gasteiger partial charge in [0.15, 0.2) is 0 Å². The Hall–Kier alpha value is -2.93.